The second-order valence-electron chi connectivity index (χ2n) is 8.98. The average Bonchev–Trinajstić information content (AvgIpc) is 3.42. The molecule has 0 saturated carbocycles. The number of phenolic OH excluding ortho intramolecular Hbond substituents is 1. The van der Waals surface area contributed by atoms with Gasteiger partial charge in [0.1, 0.15) is 11.7 Å². The van der Waals surface area contributed by atoms with Gasteiger partial charge in [0.25, 0.3) is 0 Å². The summed E-state index contributed by atoms with van der Waals surface area (Å²) in [7, 11) is 0. The molecule has 0 bridgehead atoms. The maximum Gasteiger partial charge on any atom is 0.321 e. The Labute approximate surface area is 219 Å². The van der Waals surface area contributed by atoms with Crippen LogP contribution in [0.2, 0.25) is 0 Å². The number of hydrogen-bond acceptors (Lipinski definition) is 5. The van der Waals surface area contributed by atoms with E-state index >= 15 is 0 Å². The number of fused-ring (bicyclic) bond motifs is 2. The van der Waals surface area contributed by atoms with Gasteiger partial charge >= 0.3 is 5.97 Å². The van der Waals surface area contributed by atoms with E-state index in [0.29, 0.717) is 30.9 Å². The highest BCUT2D eigenvalue weighted by Crippen LogP contribution is 2.34. The second-order valence-corrected chi connectivity index (χ2v) is 8.98. The number of benzene rings is 2. The lowest BCUT2D eigenvalue weighted by molar-refractivity contribution is -0.144. The van der Waals surface area contributed by atoms with Gasteiger partial charge < -0.3 is 15.2 Å². The quantitative estimate of drug-likeness (QED) is 0.282. The van der Waals surface area contributed by atoms with Crippen molar-refractivity contribution in [1.29, 1.82) is 0 Å². The van der Waals surface area contributed by atoms with Crippen molar-refractivity contribution in [3.05, 3.63) is 53.1 Å². The molecule has 2 aromatic carbocycles. The van der Waals surface area contributed by atoms with Crippen LogP contribution in [0.1, 0.15) is 37.7 Å². The lowest BCUT2D eigenvalue weighted by Crippen LogP contribution is -2.48. The van der Waals surface area contributed by atoms with Crippen LogP contribution in [0.5, 0.6) is 5.75 Å². The van der Waals surface area contributed by atoms with Gasteiger partial charge in [-0.05, 0) is 61.2 Å². The third kappa shape index (κ3) is 4.66. The number of imidazole rings is 1. The Kier molecular flexibility index (Phi) is 7.97. The van der Waals surface area contributed by atoms with Crippen molar-refractivity contribution in [3.63, 3.8) is 0 Å². The van der Waals surface area contributed by atoms with E-state index in [1.54, 1.807) is 0 Å². The lowest BCUT2D eigenvalue weighted by Gasteiger charge is -2.35. The highest BCUT2D eigenvalue weighted by Gasteiger charge is 2.35. The number of carbonyl (C=O) groups is 1. The minimum atomic E-state index is -0.848. The number of aromatic amines is 2. The molecule has 0 spiro atoms. The van der Waals surface area contributed by atoms with E-state index in [4.69, 9.17) is 4.98 Å². The summed E-state index contributed by atoms with van der Waals surface area (Å²) in [6.45, 7) is 6.41. The molecule has 0 amide bonds. The van der Waals surface area contributed by atoms with Crippen LogP contribution in [0.4, 0.5) is 4.39 Å². The fourth-order valence-corrected chi connectivity index (χ4v) is 4.76. The first-order chi connectivity index (χ1) is 16.3. The number of nitrogens with zero attached hydrogens (tertiary/aromatic N) is 3. The predicted molar refractivity (Wildman–Crippen MR) is 140 cm³/mol. The van der Waals surface area contributed by atoms with Gasteiger partial charge in [-0.25, -0.2) is 9.37 Å². The number of nitrogens with one attached hydrogen (secondary N) is 2. The minimum absolute atomic E-state index is 0. The van der Waals surface area contributed by atoms with E-state index in [9.17, 15) is 19.4 Å². The molecule has 0 aliphatic carbocycles. The third-order valence-electron chi connectivity index (χ3n) is 6.59. The van der Waals surface area contributed by atoms with Crippen LogP contribution in [0.3, 0.4) is 0 Å². The lowest BCUT2D eigenvalue weighted by atomic mass is 9.96. The van der Waals surface area contributed by atoms with Crippen molar-refractivity contribution in [2.24, 2.45) is 0 Å². The van der Waals surface area contributed by atoms with Crippen LogP contribution in [0.15, 0.2) is 30.3 Å². The highest BCUT2D eigenvalue weighted by molar-refractivity contribution is 5.94. The number of carboxylic acid groups (broad SMARTS) is 1. The van der Waals surface area contributed by atoms with Crippen LogP contribution >= 0.6 is 24.8 Å². The van der Waals surface area contributed by atoms with E-state index in [-0.39, 0.29) is 36.6 Å². The van der Waals surface area contributed by atoms with Crippen molar-refractivity contribution in [2.75, 3.05) is 0 Å². The molecule has 1 aliphatic heterocycles. The molecular formula is C25H28Cl2FN5O3. The summed E-state index contributed by atoms with van der Waals surface area (Å²) in [6, 6.07) is 8.01. The summed E-state index contributed by atoms with van der Waals surface area (Å²) in [5.74, 6) is -1.27. The highest BCUT2D eigenvalue weighted by atomic mass is 35.5. The first kappa shape index (κ1) is 27.4. The summed E-state index contributed by atoms with van der Waals surface area (Å²) in [5, 5.41) is 27.8. The molecule has 192 valence electrons. The van der Waals surface area contributed by atoms with Crippen LogP contribution in [0.25, 0.3) is 33.5 Å². The number of aliphatic carboxylic acids is 1. The number of aromatic nitrogens is 4. The van der Waals surface area contributed by atoms with E-state index in [2.05, 4.69) is 15.2 Å². The normalized spacial score (nSPS) is 15.4. The Morgan fingerprint density at radius 1 is 1.25 bits per heavy atom. The van der Waals surface area contributed by atoms with Gasteiger partial charge in [-0.3, -0.25) is 14.8 Å². The molecule has 5 rings (SSSR count). The van der Waals surface area contributed by atoms with Crippen LogP contribution in [-0.4, -0.2) is 53.3 Å². The van der Waals surface area contributed by atoms with E-state index < -0.39 is 17.8 Å². The average molecular weight is 536 g/mol. The van der Waals surface area contributed by atoms with E-state index in [0.717, 1.165) is 39.0 Å². The number of H-pyrrole nitrogens is 2. The van der Waals surface area contributed by atoms with Crippen molar-refractivity contribution >= 4 is 41.7 Å². The number of hydrogen-bond donors (Lipinski definition) is 4. The first-order valence-corrected chi connectivity index (χ1v) is 11.3. The fourth-order valence-electron chi connectivity index (χ4n) is 4.76. The van der Waals surface area contributed by atoms with Crippen molar-refractivity contribution < 1.29 is 19.4 Å². The number of aryl methyl sites for hydroxylation is 1. The van der Waals surface area contributed by atoms with Gasteiger partial charge in [0, 0.05) is 24.4 Å². The molecule has 0 radical (unpaired) electrons. The molecule has 0 saturated heterocycles. The Morgan fingerprint density at radius 2 is 2.00 bits per heavy atom. The summed E-state index contributed by atoms with van der Waals surface area (Å²) in [5.41, 5.74) is 5.45. The SMILES string of the molecule is CCc1cc(O)c(F)cc1-c1ccc2c(-c3nc4c([nH]3)CN(C(C)C)[C@H](C(=O)O)C4)n[nH]c2c1.Cl.Cl. The molecule has 1 aliphatic rings. The van der Waals surface area contributed by atoms with Gasteiger partial charge in [-0.15, -0.1) is 24.8 Å². The molecule has 3 heterocycles. The summed E-state index contributed by atoms with van der Waals surface area (Å²) < 4.78 is 14.1. The van der Waals surface area contributed by atoms with Gasteiger partial charge in [-0.2, -0.15) is 5.10 Å². The minimum Gasteiger partial charge on any atom is -0.505 e. The smallest absolute Gasteiger partial charge is 0.321 e. The molecule has 0 unspecified atom stereocenters. The van der Waals surface area contributed by atoms with Gasteiger partial charge in [-0.1, -0.05) is 13.0 Å². The van der Waals surface area contributed by atoms with E-state index in [1.807, 2.05) is 43.9 Å². The van der Waals surface area contributed by atoms with Crippen molar-refractivity contribution in [3.8, 4) is 28.4 Å². The Hall–Kier alpha value is -3.14. The standard InChI is InChI=1S/C25H26FN5O3.2ClH/c1-4-13-8-22(32)17(26)9-16(13)14-5-6-15-18(7-14)29-30-23(15)24-27-19-10-21(25(33)34)31(12(2)3)11-20(19)28-24;;/h5-9,12,21,32H,4,10-11H2,1-3H3,(H,27,28)(H,29,30)(H,33,34);2*1H/t21-;;/m0../s1. The molecule has 8 nitrogen and oxygen atoms in total. The first-order valence-electron chi connectivity index (χ1n) is 11.3. The Balaban J connectivity index is 0.00000180. The number of carboxylic acids is 1. The topological polar surface area (TPSA) is 118 Å². The molecule has 4 aromatic rings. The van der Waals surface area contributed by atoms with Gasteiger partial charge in [0.15, 0.2) is 17.4 Å². The number of rotatable bonds is 5. The molecule has 4 N–H and O–H groups in total. The maximum atomic E-state index is 14.1. The van der Waals surface area contributed by atoms with Gasteiger partial charge in [0.05, 0.1) is 16.9 Å². The number of phenols is 1. The Bertz CT molecular complexity index is 1420. The molecule has 0 fully saturated rings. The second kappa shape index (κ2) is 10.5. The zero-order valence-corrected chi connectivity index (χ0v) is 21.6. The third-order valence-corrected chi connectivity index (χ3v) is 6.59. The molecule has 1 atom stereocenters. The maximum absolute atomic E-state index is 14.1. The fraction of sp³-hybridized carbons (Fsp3) is 0.320. The van der Waals surface area contributed by atoms with E-state index in [1.165, 1.54) is 12.1 Å². The predicted octanol–water partition coefficient (Wildman–Crippen LogP) is 5.09. The molecule has 36 heavy (non-hydrogen) atoms. The van der Waals surface area contributed by atoms with Crippen LogP contribution in [-0.2, 0) is 24.2 Å². The van der Waals surface area contributed by atoms with Crippen LogP contribution in [0, 0.1) is 5.82 Å². The summed E-state index contributed by atoms with van der Waals surface area (Å²) in [6.07, 6.45) is 0.982. The van der Waals surface area contributed by atoms with Crippen molar-refractivity contribution in [2.45, 2.75) is 52.2 Å². The zero-order valence-electron chi connectivity index (χ0n) is 20.0. The molecule has 11 heteroatoms. The van der Waals surface area contributed by atoms with Crippen LogP contribution < -0.4 is 0 Å². The largest absolute Gasteiger partial charge is 0.505 e. The summed E-state index contributed by atoms with van der Waals surface area (Å²) in [4.78, 5) is 21.8. The molecule has 2 aromatic heterocycles. The Morgan fingerprint density at radius 3 is 2.67 bits per heavy atom. The van der Waals surface area contributed by atoms with Crippen molar-refractivity contribution in [1.82, 2.24) is 25.1 Å². The summed E-state index contributed by atoms with van der Waals surface area (Å²) >= 11 is 0. The monoisotopic (exact) mass is 535 g/mol. The number of aromatic hydroxyl groups is 1. The van der Waals surface area contributed by atoms with Gasteiger partial charge in [0.2, 0.25) is 0 Å². The molecular weight excluding hydrogens is 508 g/mol. The number of halogens is 3. The zero-order chi connectivity index (χ0) is 24.1.